The number of hydrogen-bond acceptors (Lipinski definition) is 1. The molecule has 0 saturated heterocycles. The van der Waals surface area contributed by atoms with Crippen LogP contribution in [-0.4, -0.2) is 13.1 Å². The van der Waals surface area contributed by atoms with Crippen molar-refractivity contribution in [2.24, 2.45) is 5.92 Å². The van der Waals surface area contributed by atoms with Gasteiger partial charge in [-0.1, -0.05) is 63.9 Å². The number of rotatable bonds is 9. The van der Waals surface area contributed by atoms with E-state index in [0.29, 0.717) is 5.92 Å². The third-order valence-corrected chi connectivity index (χ3v) is 3.86. The van der Waals surface area contributed by atoms with Crippen molar-refractivity contribution in [1.82, 2.24) is 5.32 Å². The van der Waals surface area contributed by atoms with E-state index in [0.717, 1.165) is 19.0 Å². The molecule has 0 aliphatic rings. The molecule has 0 radical (unpaired) electrons. The molecule has 0 saturated carbocycles. The maximum atomic E-state index is 3.59. The van der Waals surface area contributed by atoms with E-state index in [4.69, 9.17) is 0 Å². The zero-order chi connectivity index (χ0) is 13.2. The molecule has 0 aliphatic heterocycles. The van der Waals surface area contributed by atoms with Crippen molar-refractivity contribution in [2.75, 3.05) is 13.1 Å². The largest absolute Gasteiger partial charge is 0.316 e. The van der Waals surface area contributed by atoms with Crippen LogP contribution in [-0.2, 0) is 0 Å². The first-order valence-electron chi connectivity index (χ1n) is 7.57. The molecular weight excluding hydrogens is 218 g/mol. The van der Waals surface area contributed by atoms with Gasteiger partial charge in [-0.2, -0.15) is 0 Å². The lowest BCUT2D eigenvalue weighted by Crippen LogP contribution is -2.24. The molecule has 0 aromatic heterocycles. The van der Waals surface area contributed by atoms with E-state index in [2.05, 4.69) is 56.4 Å². The van der Waals surface area contributed by atoms with E-state index < -0.39 is 0 Å². The highest BCUT2D eigenvalue weighted by Gasteiger charge is 2.15. The first kappa shape index (κ1) is 15.2. The van der Waals surface area contributed by atoms with E-state index in [-0.39, 0.29) is 0 Å². The summed E-state index contributed by atoms with van der Waals surface area (Å²) < 4.78 is 0. The first-order chi connectivity index (χ1) is 8.81. The second-order valence-electron chi connectivity index (χ2n) is 5.23. The SMILES string of the molecule is CCCNCC(CC(CC)CC)c1ccccc1. The number of benzene rings is 1. The summed E-state index contributed by atoms with van der Waals surface area (Å²) >= 11 is 0. The Morgan fingerprint density at radius 3 is 2.22 bits per heavy atom. The summed E-state index contributed by atoms with van der Waals surface area (Å²) in [5.74, 6) is 1.53. The van der Waals surface area contributed by atoms with Crippen LogP contribution in [0.4, 0.5) is 0 Å². The molecule has 0 aliphatic carbocycles. The topological polar surface area (TPSA) is 12.0 Å². The summed E-state index contributed by atoms with van der Waals surface area (Å²) in [6.07, 6.45) is 5.13. The van der Waals surface area contributed by atoms with Crippen molar-refractivity contribution in [3.63, 3.8) is 0 Å². The average Bonchev–Trinajstić information content (AvgIpc) is 2.44. The predicted molar refractivity (Wildman–Crippen MR) is 81.0 cm³/mol. The Balaban J connectivity index is 2.62. The monoisotopic (exact) mass is 247 g/mol. The van der Waals surface area contributed by atoms with E-state index >= 15 is 0 Å². The van der Waals surface area contributed by atoms with Crippen molar-refractivity contribution in [3.8, 4) is 0 Å². The zero-order valence-electron chi connectivity index (χ0n) is 12.3. The molecule has 1 nitrogen and oxygen atoms in total. The quantitative estimate of drug-likeness (QED) is 0.629. The van der Waals surface area contributed by atoms with Gasteiger partial charge in [0.05, 0.1) is 0 Å². The normalized spacial score (nSPS) is 12.9. The van der Waals surface area contributed by atoms with Crippen molar-refractivity contribution in [1.29, 1.82) is 0 Å². The molecule has 0 bridgehead atoms. The Morgan fingerprint density at radius 2 is 1.67 bits per heavy atom. The van der Waals surface area contributed by atoms with Gasteiger partial charge < -0.3 is 5.32 Å². The van der Waals surface area contributed by atoms with Crippen LogP contribution in [0.15, 0.2) is 30.3 Å². The molecule has 1 unspecified atom stereocenters. The molecule has 102 valence electrons. The van der Waals surface area contributed by atoms with Crippen molar-refractivity contribution < 1.29 is 0 Å². The average molecular weight is 247 g/mol. The Hall–Kier alpha value is -0.820. The van der Waals surface area contributed by atoms with Crippen LogP contribution in [0.25, 0.3) is 0 Å². The smallest absolute Gasteiger partial charge is 0.00202 e. The third-order valence-electron chi connectivity index (χ3n) is 3.86. The fraction of sp³-hybridized carbons (Fsp3) is 0.647. The second-order valence-corrected chi connectivity index (χ2v) is 5.23. The minimum absolute atomic E-state index is 0.669. The molecule has 1 atom stereocenters. The van der Waals surface area contributed by atoms with E-state index in [1.165, 1.54) is 31.2 Å². The molecule has 1 rings (SSSR count). The fourth-order valence-corrected chi connectivity index (χ4v) is 2.54. The Labute approximate surface area is 113 Å². The highest BCUT2D eigenvalue weighted by Crippen LogP contribution is 2.26. The van der Waals surface area contributed by atoms with Crippen molar-refractivity contribution in [3.05, 3.63) is 35.9 Å². The summed E-state index contributed by atoms with van der Waals surface area (Å²) in [5, 5.41) is 3.59. The molecule has 0 spiro atoms. The summed E-state index contributed by atoms with van der Waals surface area (Å²) in [6.45, 7) is 9.11. The van der Waals surface area contributed by atoms with Gasteiger partial charge in [0.25, 0.3) is 0 Å². The van der Waals surface area contributed by atoms with Crippen LogP contribution in [0, 0.1) is 5.92 Å². The molecule has 0 amide bonds. The van der Waals surface area contributed by atoms with Gasteiger partial charge in [0.15, 0.2) is 0 Å². The van der Waals surface area contributed by atoms with E-state index in [9.17, 15) is 0 Å². The van der Waals surface area contributed by atoms with Crippen molar-refractivity contribution >= 4 is 0 Å². The lowest BCUT2D eigenvalue weighted by molar-refractivity contribution is 0.398. The highest BCUT2D eigenvalue weighted by atomic mass is 14.8. The molecule has 0 heterocycles. The predicted octanol–water partition coefficient (Wildman–Crippen LogP) is 4.60. The van der Waals surface area contributed by atoms with Crippen LogP contribution in [0.3, 0.4) is 0 Å². The van der Waals surface area contributed by atoms with E-state index in [1.54, 1.807) is 0 Å². The molecule has 0 fully saturated rings. The van der Waals surface area contributed by atoms with Gasteiger partial charge in [0.1, 0.15) is 0 Å². The van der Waals surface area contributed by atoms with Gasteiger partial charge in [-0.25, -0.2) is 0 Å². The molecule has 1 N–H and O–H groups in total. The lowest BCUT2D eigenvalue weighted by Gasteiger charge is -2.23. The van der Waals surface area contributed by atoms with Crippen LogP contribution in [0.5, 0.6) is 0 Å². The number of nitrogens with one attached hydrogen (secondary N) is 1. The first-order valence-corrected chi connectivity index (χ1v) is 7.57. The van der Waals surface area contributed by atoms with Crippen molar-refractivity contribution in [2.45, 2.75) is 52.4 Å². The molecular formula is C17H29N. The van der Waals surface area contributed by atoms with Gasteiger partial charge in [-0.05, 0) is 36.8 Å². The van der Waals surface area contributed by atoms with Gasteiger partial charge in [0.2, 0.25) is 0 Å². The minimum atomic E-state index is 0.669. The molecule has 1 aromatic rings. The maximum absolute atomic E-state index is 3.59. The van der Waals surface area contributed by atoms with Crippen LogP contribution in [0.2, 0.25) is 0 Å². The maximum Gasteiger partial charge on any atom is 0.00202 e. The Kier molecular flexibility index (Phi) is 7.75. The lowest BCUT2D eigenvalue weighted by atomic mass is 9.86. The third kappa shape index (κ3) is 5.22. The zero-order valence-corrected chi connectivity index (χ0v) is 12.3. The second kappa shape index (κ2) is 9.16. The fourth-order valence-electron chi connectivity index (χ4n) is 2.54. The van der Waals surface area contributed by atoms with Crippen LogP contribution < -0.4 is 5.32 Å². The van der Waals surface area contributed by atoms with Crippen LogP contribution >= 0.6 is 0 Å². The van der Waals surface area contributed by atoms with E-state index in [1.807, 2.05) is 0 Å². The number of hydrogen-bond donors (Lipinski definition) is 1. The summed E-state index contributed by atoms with van der Waals surface area (Å²) in [5.41, 5.74) is 1.49. The molecule has 1 aromatic carbocycles. The molecule has 18 heavy (non-hydrogen) atoms. The van der Waals surface area contributed by atoms with Gasteiger partial charge in [-0.3, -0.25) is 0 Å². The van der Waals surface area contributed by atoms with Gasteiger partial charge in [0, 0.05) is 6.54 Å². The Bertz CT molecular complexity index is 290. The minimum Gasteiger partial charge on any atom is -0.316 e. The van der Waals surface area contributed by atoms with Gasteiger partial charge >= 0.3 is 0 Å². The molecule has 1 heteroatoms. The summed E-state index contributed by atoms with van der Waals surface area (Å²) in [7, 11) is 0. The highest BCUT2D eigenvalue weighted by molar-refractivity contribution is 5.20. The van der Waals surface area contributed by atoms with Gasteiger partial charge in [-0.15, -0.1) is 0 Å². The van der Waals surface area contributed by atoms with Crippen LogP contribution in [0.1, 0.15) is 57.9 Å². The summed E-state index contributed by atoms with van der Waals surface area (Å²) in [6, 6.07) is 11.0. The Morgan fingerprint density at radius 1 is 1.00 bits per heavy atom. The standard InChI is InChI=1S/C17H29N/c1-4-12-18-14-17(13-15(5-2)6-3)16-10-8-7-9-11-16/h7-11,15,17-18H,4-6,12-14H2,1-3H3. The summed E-state index contributed by atoms with van der Waals surface area (Å²) in [4.78, 5) is 0.